The normalized spacial score (nSPS) is 26.2. The summed E-state index contributed by atoms with van der Waals surface area (Å²) in [5.74, 6) is 0.310. The van der Waals surface area contributed by atoms with Crippen molar-refractivity contribution in [2.45, 2.75) is 50.4 Å². The first kappa shape index (κ1) is 15.0. The van der Waals surface area contributed by atoms with Gasteiger partial charge < -0.3 is 9.80 Å². The van der Waals surface area contributed by atoms with Crippen LogP contribution in [0.15, 0.2) is 16.8 Å². The maximum atomic E-state index is 13.0. The van der Waals surface area contributed by atoms with E-state index in [1.165, 1.54) is 5.56 Å². The van der Waals surface area contributed by atoms with Crippen molar-refractivity contribution in [1.82, 2.24) is 15.1 Å². The molecule has 0 bridgehead atoms. The third-order valence-corrected chi connectivity index (χ3v) is 5.75. The van der Waals surface area contributed by atoms with Crippen LogP contribution in [0.3, 0.4) is 0 Å². The molecule has 1 saturated carbocycles. The van der Waals surface area contributed by atoms with Gasteiger partial charge >= 0.3 is 0 Å². The number of likely N-dealkylation sites (N-methyl/N-ethyl adjacent to an activating group) is 1. The summed E-state index contributed by atoms with van der Waals surface area (Å²) in [4.78, 5) is 17.3. The topological polar surface area (TPSA) is 35.6 Å². The van der Waals surface area contributed by atoms with Gasteiger partial charge in [-0.1, -0.05) is 12.8 Å². The van der Waals surface area contributed by atoms with E-state index in [0.717, 1.165) is 32.2 Å². The first-order chi connectivity index (χ1) is 10.0. The molecule has 2 heterocycles. The zero-order chi connectivity index (χ0) is 15.0. The van der Waals surface area contributed by atoms with E-state index in [0.29, 0.717) is 11.9 Å². The lowest BCUT2D eigenvalue weighted by Crippen LogP contribution is -2.45. The highest BCUT2D eigenvalue weighted by Crippen LogP contribution is 2.41. The molecule has 2 fully saturated rings. The van der Waals surface area contributed by atoms with Crippen LogP contribution in [0.25, 0.3) is 0 Å². The maximum Gasteiger partial charge on any atom is 0.244 e. The van der Waals surface area contributed by atoms with Crippen LogP contribution in [0, 0.1) is 0 Å². The molecule has 3 rings (SSSR count). The molecule has 2 unspecified atom stereocenters. The number of carbonyl (C=O) groups is 1. The van der Waals surface area contributed by atoms with Gasteiger partial charge in [-0.25, -0.2) is 0 Å². The summed E-state index contributed by atoms with van der Waals surface area (Å²) in [6, 6.07) is 2.49. The Morgan fingerprint density at radius 3 is 2.76 bits per heavy atom. The standard InChI is InChI=1S/C16H25N3OS/c1-12(18(2)3)10-19-14(13-6-9-21-11-13)17-16(15(19)20)7-4-5-8-16/h6,9,11-12,14,17H,4-5,7-8,10H2,1-3H3. The van der Waals surface area contributed by atoms with Crippen molar-refractivity contribution in [2.75, 3.05) is 20.6 Å². The number of hydrogen-bond donors (Lipinski definition) is 1. The maximum absolute atomic E-state index is 13.0. The summed E-state index contributed by atoms with van der Waals surface area (Å²) in [5, 5.41) is 7.93. The Morgan fingerprint density at radius 2 is 2.19 bits per heavy atom. The molecular weight excluding hydrogens is 282 g/mol. The van der Waals surface area contributed by atoms with Crippen LogP contribution in [0.2, 0.25) is 0 Å². The summed E-state index contributed by atoms with van der Waals surface area (Å²) in [7, 11) is 4.15. The highest BCUT2D eigenvalue weighted by Gasteiger charge is 2.52. The quantitative estimate of drug-likeness (QED) is 0.928. The molecule has 5 heteroatoms. The van der Waals surface area contributed by atoms with Gasteiger partial charge in [-0.15, -0.1) is 0 Å². The van der Waals surface area contributed by atoms with Crippen molar-refractivity contribution < 1.29 is 4.79 Å². The SMILES string of the molecule is CC(CN1C(=O)C2(CCCC2)NC1c1ccsc1)N(C)C. The average molecular weight is 307 g/mol. The monoisotopic (exact) mass is 307 g/mol. The molecule has 1 N–H and O–H groups in total. The molecule has 1 saturated heterocycles. The Labute approximate surface area is 131 Å². The second-order valence-corrected chi connectivity index (χ2v) is 7.44. The van der Waals surface area contributed by atoms with Crippen LogP contribution in [-0.4, -0.2) is 47.9 Å². The number of rotatable bonds is 4. The van der Waals surface area contributed by atoms with Gasteiger partial charge in [0.15, 0.2) is 0 Å². The number of nitrogens with zero attached hydrogens (tertiary/aromatic N) is 2. The summed E-state index contributed by atoms with van der Waals surface area (Å²) in [5.41, 5.74) is 0.932. The number of carbonyl (C=O) groups excluding carboxylic acids is 1. The highest BCUT2D eigenvalue weighted by molar-refractivity contribution is 7.07. The predicted molar refractivity (Wildman–Crippen MR) is 86.3 cm³/mol. The summed E-state index contributed by atoms with van der Waals surface area (Å²) in [6.45, 7) is 2.96. The smallest absolute Gasteiger partial charge is 0.244 e. The van der Waals surface area contributed by atoms with Crippen LogP contribution in [-0.2, 0) is 4.79 Å². The van der Waals surface area contributed by atoms with E-state index in [2.05, 4.69) is 53.0 Å². The molecule has 0 radical (unpaired) electrons. The van der Waals surface area contributed by atoms with Crippen LogP contribution in [0.1, 0.15) is 44.3 Å². The van der Waals surface area contributed by atoms with Gasteiger partial charge in [0.1, 0.15) is 6.17 Å². The Bertz CT molecular complexity index is 494. The minimum absolute atomic E-state index is 0.0456. The Hall–Kier alpha value is -0.910. The molecule has 0 aromatic carbocycles. The molecule has 116 valence electrons. The minimum atomic E-state index is -0.293. The molecule has 21 heavy (non-hydrogen) atoms. The summed E-state index contributed by atoms with van der Waals surface area (Å²) in [6.07, 6.45) is 4.33. The third kappa shape index (κ3) is 2.62. The fourth-order valence-corrected chi connectivity index (χ4v) is 4.14. The van der Waals surface area contributed by atoms with Crippen LogP contribution in [0.4, 0.5) is 0 Å². The number of amides is 1. The molecule has 1 aliphatic carbocycles. The molecule has 1 spiro atoms. The van der Waals surface area contributed by atoms with Crippen molar-refractivity contribution in [2.24, 2.45) is 0 Å². The fraction of sp³-hybridized carbons (Fsp3) is 0.688. The highest BCUT2D eigenvalue weighted by atomic mass is 32.1. The summed E-state index contributed by atoms with van der Waals surface area (Å²) >= 11 is 1.70. The molecule has 1 aromatic heterocycles. The van der Waals surface area contributed by atoms with E-state index in [1.807, 2.05) is 0 Å². The van der Waals surface area contributed by atoms with Gasteiger partial charge in [0, 0.05) is 12.6 Å². The molecule has 1 aliphatic heterocycles. The van der Waals surface area contributed by atoms with Crippen molar-refractivity contribution in [3.8, 4) is 0 Å². The first-order valence-corrected chi connectivity index (χ1v) is 8.75. The van der Waals surface area contributed by atoms with Gasteiger partial charge in [0.2, 0.25) is 5.91 Å². The van der Waals surface area contributed by atoms with Crippen molar-refractivity contribution in [1.29, 1.82) is 0 Å². The largest absolute Gasteiger partial charge is 0.320 e. The van der Waals surface area contributed by atoms with E-state index < -0.39 is 0 Å². The van der Waals surface area contributed by atoms with E-state index in [-0.39, 0.29) is 11.7 Å². The Kier molecular flexibility index (Phi) is 4.08. The molecule has 1 amide bonds. The van der Waals surface area contributed by atoms with Gasteiger partial charge in [-0.3, -0.25) is 10.1 Å². The Balaban J connectivity index is 1.87. The van der Waals surface area contributed by atoms with Gasteiger partial charge in [-0.05, 0) is 56.3 Å². The van der Waals surface area contributed by atoms with Gasteiger partial charge in [0.25, 0.3) is 0 Å². The second kappa shape index (κ2) is 5.71. The number of thiophene rings is 1. The Morgan fingerprint density at radius 1 is 1.48 bits per heavy atom. The van der Waals surface area contributed by atoms with E-state index >= 15 is 0 Å². The van der Waals surface area contributed by atoms with Gasteiger partial charge in [0.05, 0.1) is 5.54 Å². The third-order valence-electron chi connectivity index (χ3n) is 5.05. The zero-order valence-corrected chi connectivity index (χ0v) is 13.9. The van der Waals surface area contributed by atoms with Crippen LogP contribution >= 0.6 is 11.3 Å². The summed E-state index contributed by atoms with van der Waals surface area (Å²) < 4.78 is 0. The molecule has 2 atom stereocenters. The molecular formula is C16H25N3OS. The molecule has 4 nitrogen and oxygen atoms in total. The van der Waals surface area contributed by atoms with Crippen molar-refractivity contribution in [3.63, 3.8) is 0 Å². The molecule has 2 aliphatic rings. The number of hydrogen-bond acceptors (Lipinski definition) is 4. The predicted octanol–water partition coefficient (Wildman–Crippen LogP) is 2.44. The fourth-order valence-electron chi connectivity index (χ4n) is 3.46. The lowest BCUT2D eigenvalue weighted by Gasteiger charge is -2.30. The van der Waals surface area contributed by atoms with E-state index in [1.54, 1.807) is 11.3 Å². The van der Waals surface area contributed by atoms with Crippen LogP contribution in [0.5, 0.6) is 0 Å². The number of nitrogens with one attached hydrogen (secondary N) is 1. The second-order valence-electron chi connectivity index (χ2n) is 6.66. The zero-order valence-electron chi connectivity index (χ0n) is 13.1. The lowest BCUT2D eigenvalue weighted by molar-refractivity contribution is -0.133. The van der Waals surface area contributed by atoms with E-state index in [9.17, 15) is 4.79 Å². The molecule has 1 aromatic rings. The van der Waals surface area contributed by atoms with Gasteiger partial charge in [-0.2, -0.15) is 11.3 Å². The van der Waals surface area contributed by atoms with Crippen LogP contribution < -0.4 is 5.32 Å². The van der Waals surface area contributed by atoms with E-state index in [4.69, 9.17) is 0 Å². The minimum Gasteiger partial charge on any atom is -0.320 e. The average Bonchev–Trinajstić information content (AvgIpc) is 3.16. The van der Waals surface area contributed by atoms with Crippen molar-refractivity contribution in [3.05, 3.63) is 22.4 Å². The lowest BCUT2D eigenvalue weighted by atomic mass is 9.98. The first-order valence-electron chi connectivity index (χ1n) is 7.81. The van der Waals surface area contributed by atoms with Crippen molar-refractivity contribution >= 4 is 17.2 Å².